The first-order valence-electron chi connectivity index (χ1n) is 7.39. The summed E-state index contributed by atoms with van der Waals surface area (Å²) < 4.78 is 2.04. The van der Waals surface area contributed by atoms with E-state index in [1.807, 2.05) is 4.68 Å². The molecule has 2 rings (SSSR count). The summed E-state index contributed by atoms with van der Waals surface area (Å²) in [6, 6.07) is 0. The number of rotatable bonds is 5. The summed E-state index contributed by atoms with van der Waals surface area (Å²) in [4.78, 5) is 6.88. The maximum absolute atomic E-state index is 5.87. The van der Waals surface area contributed by atoms with Crippen LogP contribution in [0.1, 0.15) is 33.0 Å². The predicted molar refractivity (Wildman–Crippen MR) is 76.5 cm³/mol. The van der Waals surface area contributed by atoms with Crippen molar-refractivity contribution in [3.63, 3.8) is 0 Å². The van der Waals surface area contributed by atoms with Crippen molar-refractivity contribution < 1.29 is 0 Å². The lowest BCUT2D eigenvalue weighted by molar-refractivity contribution is 0.121. The largest absolute Gasteiger partial charge is 0.330 e. The predicted octanol–water partition coefficient (Wildman–Crippen LogP) is 1.35. The zero-order chi connectivity index (χ0) is 13.8. The number of likely N-dealkylation sites (tertiary alicyclic amines) is 1. The van der Waals surface area contributed by atoms with Crippen LogP contribution < -0.4 is 5.73 Å². The Morgan fingerprint density at radius 1 is 1.47 bits per heavy atom. The number of piperidine rings is 1. The van der Waals surface area contributed by atoms with Gasteiger partial charge in [0.25, 0.3) is 0 Å². The molecule has 108 valence electrons. The molecule has 2 heterocycles. The van der Waals surface area contributed by atoms with E-state index in [4.69, 9.17) is 5.73 Å². The van der Waals surface area contributed by atoms with Gasteiger partial charge in [0.15, 0.2) is 0 Å². The first-order valence-corrected chi connectivity index (χ1v) is 7.39. The summed E-state index contributed by atoms with van der Waals surface area (Å²) in [5, 5.41) is 4.33. The molecule has 1 aromatic heterocycles. The highest BCUT2D eigenvalue weighted by Gasteiger charge is 2.25. The van der Waals surface area contributed by atoms with E-state index in [-0.39, 0.29) is 0 Å². The Balaban J connectivity index is 1.96. The molecule has 0 spiro atoms. The summed E-state index contributed by atoms with van der Waals surface area (Å²) in [7, 11) is 0. The SMILES string of the molecule is CC(C)Cn1ncnc1CN1CCC(C)C(CN)C1. The molecule has 5 heteroatoms. The molecule has 1 saturated heterocycles. The van der Waals surface area contributed by atoms with E-state index >= 15 is 0 Å². The second-order valence-electron chi connectivity index (χ2n) is 6.25. The molecular weight excluding hydrogens is 238 g/mol. The lowest BCUT2D eigenvalue weighted by Crippen LogP contribution is -2.42. The van der Waals surface area contributed by atoms with Crippen LogP contribution in [0.5, 0.6) is 0 Å². The molecule has 5 nitrogen and oxygen atoms in total. The maximum atomic E-state index is 5.87. The minimum Gasteiger partial charge on any atom is -0.330 e. The third kappa shape index (κ3) is 3.76. The highest BCUT2D eigenvalue weighted by molar-refractivity contribution is 4.88. The lowest BCUT2D eigenvalue weighted by atomic mass is 9.87. The van der Waals surface area contributed by atoms with E-state index in [0.717, 1.165) is 44.5 Å². The van der Waals surface area contributed by atoms with Gasteiger partial charge in [0, 0.05) is 13.1 Å². The van der Waals surface area contributed by atoms with Crippen molar-refractivity contribution >= 4 is 0 Å². The number of nitrogens with zero attached hydrogens (tertiary/aromatic N) is 4. The van der Waals surface area contributed by atoms with E-state index in [1.165, 1.54) is 6.42 Å². The molecule has 1 aliphatic heterocycles. The minimum absolute atomic E-state index is 0.596. The van der Waals surface area contributed by atoms with E-state index < -0.39 is 0 Å². The van der Waals surface area contributed by atoms with E-state index in [0.29, 0.717) is 11.8 Å². The molecule has 0 radical (unpaired) electrons. The molecule has 1 aliphatic rings. The van der Waals surface area contributed by atoms with Gasteiger partial charge in [-0.3, -0.25) is 4.90 Å². The molecule has 1 aromatic rings. The van der Waals surface area contributed by atoms with Crippen LogP contribution in [0.25, 0.3) is 0 Å². The second kappa shape index (κ2) is 6.48. The Kier molecular flexibility index (Phi) is 4.93. The van der Waals surface area contributed by atoms with Crippen LogP contribution in [0, 0.1) is 17.8 Å². The average molecular weight is 265 g/mol. The third-order valence-electron chi connectivity index (χ3n) is 4.10. The van der Waals surface area contributed by atoms with Crippen LogP contribution >= 0.6 is 0 Å². The fourth-order valence-electron chi connectivity index (χ4n) is 2.78. The molecule has 1 fully saturated rings. The van der Waals surface area contributed by atoms with Gasteiger partial charge in [-0.25, -0.2) is 9.67 Å². The molecule has 0 saturated carbocycles. The number of hydrogen-bond acceptors (Lipinski definition) is 4. The highest BCUT2D eigenvalue weighted by Crippen LogP contribution is 2.23. The van der Waals surface area contributed by atoms with Crippen molar-refractivity contribution in [1.29, 1.82) is 0 Å². The van der Waals surface area contributed by atoms with Gasteiger partial charge in [-0.15, -0.1) is 0 Å². The van der Waals surface area contributed by atoms with E-state index in [9.17, 15) is 0 Å². The maximum Gasteiger partial charge on any atom is 0.141 e. The molecular formula is C14H27N5. The quantitative estimate of drug-likeness (QED) is 0.873. The monoisotopic (exact) mass is 265 g/mol. The Labute approximate surface area is 116 Å². The van der Waals surface area contributed by atoms with Crippen LogP contribution in [0.4, 0.5) is 0 Å². The topological polar surface area (TPSA) is 60.0 Å². The second-order valence-corrected chi connectivity index (χ2v) is 6.25. The van der Waals surface area contributed by atoms with Gasteiger partial charge in [-0.05, 0) is 37.3 Å². The first-order chi connectivity index (χ1) is 9.10. The minimum atomic E-state index is 0.596. The molecule has 2 atom stereocenters. The summed E-state index contributed by atoms with van der Waals surface area (Å²) in [5.74, 6) is 3.04. The molecule has 0 aromatic carbocycles. The van der Waals surface area contributed by atoms with Gasteiger partial charge in [0.2, 0.25) is 0 Å². The fourth-order valence-corrected chi connectivity index (χ4v) is 2.78. The normalized spacial score (nSPS) is 25.1. The zero-order valence-corrected chi connectivity index (χ0v) is 12.4. The molecule has 0 aliphatic carbocycles. The Bertz CT molecular complexity index is 387. The fraction of sp³-hybridized carbons (Fsp3) is 0.857. The Hall–Kier alpha value is -0.940. The van der Waals surface area contributed by atoms with Crippen LogP contribution in [-0.4, -0.2) is 39.3 Å². The van der Waals surface area contributed by atoms with Gasteiger partial charge >= 0.3 is 0 Å². The average Bonchev–Trinajstić information content (AvgIpc) is 2.78. The van der Waals surface area contributed by atoms with Crippen molar-refractivity contribution in [2.75, 3.05) is 19.6 Å². The van der Waals surface area contributed by atoms with Gasteiger partial charge in [-0.2, -0.15) is 5.10 Å². The van der Waals surface area contributed by atoms with Crippen LogP contribution in [0.3, 0.4) is 0 Å². The number of hydrogen-bond donors (Lipinski definition) is 1. The number of nitrogens with two attached hydrogens (primary N) is 1. The van der Waals surface area contributed by atoms with Gasteiger partial charge in [0.1, 0.15) is 12.2 Å². The van der Waals surface area contributed by atoms with Crippen LogP contribution in [0.15, 0.2) is 6.33 Å². The molecule has 2 N–H and O–H groups in total. The van der Waals surface area contributed by atoms with Gasteiger partial charge in [0.05, 0.1) is 6.54 Å². The smallest absolute Gasteiger partial charge is 0.141 e. The Morgan fingerprint density at radius 2 is 2.26 bits per heavy atom. The van der Waals surface area contributed by atoms with Crippen molar-refractivity contribution in [1.82, 2.24) is 19.7 Å². The first kappa shape index (κ1) is 14.5. The van der Waals surface area contributed by atoms with Crippen molar-refractivity contribution in [3.8, 4) is 0 Å². The van der Waals surface area contributed by atoms with Gasteiger partial charge < -0.3 is 5.73 Å². The van der Waals surface area contributed by atoms with E-state index in [1.54, 1.807) is 6.33 Å². The van der Waals surface area contributed by atoms with E-state index in [2.05, 4.69) is 35.8 Å². The molecule has 0 bridgehead atoms. The summed E-state index contributed by atoms with van der Waals surface area (Å²) in [5.41, 5.74) is 5.87. The van der Waals surface area contributed by atoms with Crippen molar-refractivity contribution in [2.24, 2.45) is 23.5 Å². The van der Waals surface area contributed by atoms with Crippen LogP contribution in [-0.2, 0) is 13.1 Å². The van der Waals surface area contributed by atoms with Crippen molar-refractivity contribution in [3.05, 3.63) is 12.2 Å². The van der Waals surface area contributed by atoms with Crippen molar-refractivity contribution in [2.45, 2.75) is 40.3 Å². The van der Waals surface area contributed by atoms with Crippen LogP contribution in [0.2, 0.25) is 0 Å². The standard InChI is InChI=1S/C14H27N5/c1-11(2)7-19-14(16-10-17-19)9-18-5-4-12(3)13(6-15)8-18/h10-13H,4-9,15H2,1-3H3. The summed E-state index contributed by atoms with van der Waals surface area (Å²) in [6.45, 7) is 11.6. The molecule has 2 unspecified atom stereocenters. The Morgan fingerprint density at radius 3 is 2.95 bits per heavy atom. The summed E-state index contributed by atoms with van der Waals surface area (Å²) in [6.07, 6.45) is 2.91. The third-order valence-corrected chi connectivity index (χ3v) is 4.10. The zero-order valence-electron chi connectivity index (χ0n) is 12.4. The summed E-state index contributed by atoms with van der Waals surface area (Å²) >= 11 is 0. The molecule has 0 amide bonds. The lowest BCUT2D eigenvalue weighted by Gasteiger charge is -2.36. The molecule has 19 heavy (non-hydrogen) atoms. The van der Waals surface area contributed by atoms with Gasteiger partial charge in [-0.1, -0.05) is 20.8 Å². The number of aromatic nitrogens is 3. The highest BCUT2D eigenvalue weighted by atomic mass is 15.3.